The highest BCUT2D eigenvalue weighted by Gasteiger charge is 2.31. The lowest BCUT2D eigenvalue weighted by Gasteiger charge is -2.17. The molecular weight excluding hydrogens is 312 g/mol. The van der Waals surface area contributed by atoms with Gasteiger partial charge in [-0.25, -0.2) is 0 Å². The standard InChI is InChI=1S/C18H17ClN2O2/c1-12-2-4-13(5-3-12)18(23)20-15-10-17(22)21(11-15)16-8-6-14(19)7-9-16/h2-9,15H,10-11H2,1H3,(H,20,23)/t15-/m1/s1. The van der Waals surface area contributed by atoms with E-state index in [1.165, 1.54) is 0 Å². The summed E-state index contributed by atoms with van der Waals surface area (Å²) in [6, 6.07) is 14.3. The Balaban J connectivity index is 1.66. The fourth-order valence-electron chi connectivity index (χ4n) is 2.65. The maximum atomic E-state index is 12.2. The van der Waals surface area contributed by atoms with Gasteiger partial charge in [-0.15, -0.1) is 0 Å². The van der Waals surface area contributed by atoms with E-state index in [1.807, 2.05) is 31.2 Å². The molecule has 2 amide bonds. The summed E-state index contributed by atoms with van der Waals surface area (Å²) in [6.07, 6.45) is 0.306. The van der Waals surface area contributed by atoms with Crippen LogP contribution in [0.5, 0.6) is 0 Å². The zero-order valence-corrected chi connectivity index (χ0v) is 13.5. The molecule has 1 aliphatic rings. The zero-order valence-electron chi connectivity index (χ0n) is 12.8. The Morgan fingerprint density at radius 2 is 1.78 bits per heavy atom. The van der Waals surface area contributed by atoms with Crippen molar-refractivity contribution in [1.29, 1.82) is 0 Å². The van der Waals surface area contributed by atoms with Gasteiger partial charge >= 0.3 is 0 Å². The predicted molar refractivity (Wildman–Crippen MR) is 90.9 cm³/mol. The van der Waals surface area contributed by atoms with Gasteiger partial charge in [0.2, 0.25) is 5.91 Å². The lowest BCUT2D eigenvalue weighted by molar-refractivity contribution is -0.117. The van der Waals surface area contributed by atoms with E-state index >= 15 is 0 Å². The summed E-state index contributed by atoms with van der Waals surface area (Å²) in [4.78, 5) is 26.1. The van der Waals surface area contributed by atoms with Crippen LogP contribution < -0.4 is 10.2 Å². The smallest absolute Gasteiger partial charge is 0.251 e. The van der Waals surface area contributed by atoms with Crippen LogP contribution >= 0.6 is 11.6 Å². The number of benzene rings is 2. The molecule has 1 atom stereocenters. The molecule has 0 unspecified atom stereocenters. The van der Waals surface area contributed by atoms with Gasteiger partial charge in [0.1, 0.15) is 0 Å². The molecule has 1 aliphatic heterocycles. The highest BCUT2D eigenvalue weighted by atomic mass is 35.5. The van der Waals surface area contributed by atoms with E-state index in [0.717, 1.165) is 11.3 Å². The first-order chi connectivity index (χ1) is 11.0. The van der Waals surface area contributed by atoms with Gasteiger partial charge in [0, 0.05) is 29.2 Å². The lowest BCUT2D eigenvalue weighted by Crippen LogP contribution is -2.37. The van der Waals surface area contributed by atoms with E-state index in [0.29, 0.717) is 23.6 Å². The second-order valence-electron chi connectivity index (χ2n) is 5.72. The maximum absolute atomic E-state index is 12.2. The van der Waals surface area contributed by atoms with Crippen molar-refractivity contribution in [2.24, 2.45) is 0 Å². The van der Waals surface area contributed by atoms with Crippen LogP contribution in [0.3, 0.4) is 0 Å². The van der Waals surface area contributed by atoms with E-state index in [9.17, 15) is 9.59 Å². The molecule has 1 saturated heterocycles. The summed E-state index contributed by atoms with van der Waals surface area (Å²) in [7, 11) is 0. The van der Waals surface area contributed by atoms with Gasteiger partial charge in [-0.05, 0) is 43.3 Å². The molecule has 1 fully saturated rings. The summed E-state index contributed by atoms with van der Waals surface area (Å²) >= 11 is 5.87. The quantitative estimate of drug-likeness (QED) is 0.940. The van der Waals surface area contributed by atoms with Gasteiger partial charge in [-0.2, -0.15) is 0 Å². The third kappa shape index (κ3) is 3.54. The van der Waals surface area contributed by atoms with Crippen LogP contribution in [0.1, 0.15) is 22.3 Å². The van der Waals surface area contributed by atoms with Crippen molar-refractivity contribution >= 4 is 29.1 Å². The molecule has 23 heavy (non-hydrogen) atoms. The minimum absolute atomic E-state index is 0.00142. The molecule has 0 aromatic heterocycles. The Morgan fingerprint density at radius 1 is 1.13 bits per heavy atom. The zero-order chi connectivity index (χ0) is 16.4. The topological polar surface area (TPSA) is 49.4 Å². The van der Waals surface area contributed by atoms with Crippen molar-refractivity contribution in [3.8, 4) is 0 Å². The molecule has 1 N–H and O–H groups in total. The van der Waals surface area contributed by atoms with Crippen molar-refractivity contribution in [1.82, 2.24) is 5.32 Å². The number of nitrogens with zero attached hydrogens (tertiary/aromatic N) is 1. The number of carbonyl (C=O) groups is 2. The number of rotatable bonds is 3. The molecule has 2 aromatic carbocycles. The first-order valence-corrected chi connectivity index (χ1v) is 7.84. The summed E-state index contributed by atoms with van der Waals surface area (Å²) in [6.45, 7) is 2.44. The van der Waals surface area contributed by atoms with E-state index in [-0.39, 0.29) is 17.9 Å². The Bertz CT molecular complexity index is 726. The maximum Gasteiger partial charge on any atom is 0.251 e. The first-order valence-electron chi connectivity index (χ1n) is 7.46. The van der Waals surface area contributed by atoms with Crippen molar-refractivity contribution < 1.29 is 9.59 Å². The van der Waals surface area contributed by atoms with Crippen molar-refractivity contribution in [3.63, 3.8) is 0 Å². The minimum Gasteiger partial charge on any atom is -0.347 e. The normalized spacial score (nSPS) is 17.4. The predicted octanol–water partition coefficient (Wildman–Crippen LogP) is 3.18. The Labute approximate surface area is 140 Å². The number of nitrogens with one attached hydrogen (secondary N) is 1. The summed E-state index contributed by atoms with van der Waals surface area (Å²) < 4.78 is 0. The average molecular weight is 329 g/mol. The number of hydrogen-bond acceptors (Lipinski definition) is 2. The SMILES string of the molecule is Cc1ccc(C(=O)N[C@@H]2CC(=O)N(c3ccc(Cl)cc3)C2)cc1. The van der Waals surface area contributed by atoms with Gasteiger partial charge in [-0.1, -0.05) is 29.3 Å². The monoisotopic (exact) mass is 328 g/mol. The molecule has 5 heteroatoms. The van der Waals surface area contributed by atoms with Crippen molar-refractivity contribution in [2.75, 3.05) is 11.4 Å². The van der Waals surface area contributed by atoms with Crippen LogP contribution in [-0.2, 0) is 4.79 Å². The molecule has 0 bridgehead atoms. The molecule has 0 aliphatic carbocycles. The third-order valence-corrected chi connectivity index (χ3v) is 4.16. The summed E-state index contributed by atoms with van der Waals surface area (Å²) in [5.74, 6) is -0.151. The van der Waals surface area contributed by atoms with Gasteiger partial charge in [-0.3, -0.25) is 9.59 Å². The fourth-order valence-corrected chi connectivity index (χ4v) is 2.77. The second kappa shape index (κ2) is 6.42. The first kappa shape index (κ1) is 15.6. The van der Waals surface area contributed by atoms with Crippen LogP contribution in [-0.4, -0.2) is 24.4 Å². The van der Waals surface area contributed by atoms with Crippen LogP contribution in [0.25, 0.3) is 0 Å². The average Bonchev–Trinajstić information content (AvgIpc) is 2.89. The number of carbonyl (C=O) groups excluding carboxylic acids is 2. The highest BCUT2D eigenvalue weighted by Crippen LogP contribution is 2.23. The number of amides is 2. The van der Waals surface area contributed by atoms with Crippen LogP contribution in [0.4, 0.5) is 5.69 Å². The number of aryl methyl sites for hydroxylation is 1. The molecule has 0 radical (unpaired) electrons. The summed E-state index contributed by atoms with van der Waals surface area (Å²) in [5.41, 5.74) is 2.51. The van der Waals surface area contributed by atoms with E-state index < -0.39 is 0 Å². The molecule has 2 aromatic rings. The minimum atomic E-state index is -0.188. The molecule has 4 nitrogen and oxygen atoms in total. The lowest BCUT2D eigenvalue weighted by atomic mass is 10.1. The Hall–Kier alpha value is -2.33. The van der Waals surface area contributed by atoms with Gasteiger partial charge in [0.05, 0.1) is 6.04 Å². The highest BCUT2D eigenvalue weighted by molar-refractivity contribution is 6.30. The van der Waals surface area contributed by atoms with Crippen LogP contribution in [0, 0.1) is 6.92 Å². The second-order valence-corrected chi connectivity index (χ2v) is 6.16. The summed E-state index contributed by atoms with van der Waals surface area (Å²) in [5, 5.41) is 3.56. The van der Waals surface area contributed by atoms with Crippen LogP contribution in [0.2, 0.25) is 5.02 Å². The largest absolute Gasteiger partial charge is 0.347 e. The van der Waals surface area contributed by atoms with Crippen LogP contribution in [0.15, 0.2) is 48.5 Å². The van der Waals surface area contributed by atoms with Crippen molar-refractivity contribution in [3.05, 3.63) is 64.7 Å². The Morgan fingerprint density at radius 3 is 2.43 bits per heavy atom. The molecule has 1 heterocycles. The molecular formula is C18H17ClN2O2. The van der Waals surface area contributed by atoms with E-state index in [1.54, 1.807) is 29.2 Å². The van der Waals surface area contributed by atoms with Gasteiger partial charge in [0.15, 0.2) is 0 Å². The molecule has 3 rings (SSSR count). The van der Waals surface area contributed by atoms with E-state index in [2.05, 4.69) is 5.32 Å². The van der Waals surface area contributed by atoms with E-state index in [4.69, 9.17) is 11.6 Å². The third-order valence-electron chi connectivity index (χ3n) is 3.91. The molecule has 0 spiro atoms. The van der Waals surface area contributed by atoms with Gasteiger partial charge < -0.3 is 10.2 Å². The van der Waals surface area contributed by atoms with Crippen molar-refractivity contribution in [2.45, 2.75) is 19.4 Å². The molecule has 0 saturated carbocycles. The molecule has 118 valence electrons. The van der Waals surface area contributed by atoms with Gasteiger partial charge in [0.25, 0.3) is 5.91 Å². The Kier molecular flexibility index (Phi) is 4.35. The fraction of sp³-hybridized carbons (Fsp3) is 0.222. The number of anilines is 1. The number of halogens is 1. The number of hydrogen-bond donors (Lipinski definition) is 1.